The summed E-state index contributed by atoms with van der Waals surface area (Å²) in [7, 11) is 0. The van der Waals surface area contributed by atoms with E-state index in [2.05, 4.69) is 15.7 Å². The van der Waals surface area contributed by atoms with Gasteiger partial charge in [-0.15, -0.1) is 0 Å². The third kappa shape index (κ3) is 4.35. The summed E-state index contributed by atoms with van der Waals surface area (Å²) in [5, 5.41) is 2.82. The molecule has 0 unspecified atom stereocenters. The normalized spacial score (nSPS) is 10.4. The highest BCUT2D eigenvalue weighted by atomic mass is 32.2. The van der Waals surface area contributed by atoms with Crippen LogP contribution in [0.1, 0.15) is 12.8 Å². The number of hydrogen-bond donors (Lipinski definition) is 3. The van der Waals surface area contributed by atoms with E-state index in [0.29, 0.717) is 6.54 Å². The molecule has 7 heteroatoms. The highest BCUT2D eigenvalue weighted by molar-refractivity contribution is 7.98. The number of nitrogens with zero attached hydrogens (tertiary/aromatic N) is 1. The minimum Gasteiger partial charge on any atom is -0.368 e. The van der Waals surface area contributed by atoms with Gasteiger partial charge in [0.05, 0.1) is 0 Å². The first-order valence-electron chi connectivity index (χ1n) is 5.24. The number of aromatic nitrogens is 1. The molecule has 0 aromatic carbocycles. The number of hydrogen-bond acceptors (Lipinski definition) is 5. The van der Waals surface area contributed by atoms with Gasteiger partial charge in [0.2, 0.25) is 0 Å². The number of pyridine rings is 1. The lowest BCUT2D eigenvalue weighted by Crippen LogP contribution is -2.13. The molecule has 0 spiro atoms. The monoisotopic (exact) mass is 262 g/mol. The second-order valence-corrected chi connectivity index (χ2v) is 4.41. The first-order chi connectivity index (χ1) is 8.19. The van der Waals surface area contributed by atoms with Gasteiger partial charge in [0.1, 0.15) is 0 Å². The lowest BCUT2D eigenvalue weighted by Gasteiger charge is -2.09. The Hall–Kier alpha value is -1.08. The number of thioether (sulfide) groups is 1. The number of halogens is 2. The van der Waals surface area contributed by atoms with E-state index in [-0.39, 0.29) is 11.6 Å². The molecule has 0 radical (unpaired) electrons. The molecule has 0 aliphatic rings. The Bertz CT molecular complexity index is 362. The molecule has 0 fully saturated rings. The largest absolute Gasteiger partial charge is 0.368 e. The van der Waals surface area contributed by atoms with E-state index >= 15 is 0 Å². The van der Waals surface area contributed by atoms with Gasteiger partial charge in [0, 0.05) is 12.6 Å². The second kappa shape index (κ2) is 7.29. The van der Waals surface area contributed by atoms with Crippen molar-refractivity contribution in [2.45, 2.75) is 12.8 Å². The van der Waals surface area contributed by atoms with Crippen LogP contribution in [0.5, 0.6) is 0 Å². The Kier molecular flexibility index (Phi) is 5.99. The summed E-state index contributed by atoms with van der Waals surface area (Å²) in [6, 6.07) is 0.756. The van der Waals surface area contributed by atoms with Crippen LogP contribution in [0.25, 0.3) is 0 Å². The zero-order chi connectivity index (χ0) is 12.7. The van der Waals surface area contributed by atoms with E-state index < -0.39 is 11.6 Å². The van der Waals surface area contributed by atoms with Crippen LogP contribution in [0.4, 0.5) is 20.4 Å². The average Bonchev–Trinajstić information content (AvgIpc) is 2.31. The molecule has 1 aromatic heterocycles. The smallest absolute Gasteiger partial charge is 0.178 e. The van der Waals surface area contributed by atoms with Crippen LogP contribution in [0.15, 0.2) is 6.07 Å². The Labute approximate surface area is 103 Å². The zero-order valence-corrected chi connectivity index (χ0v) is 10.4. The summed E-state index contributed by atoms with van der Waals surface area (Å²) in [6.07, 6.45) is 3.98. The van der Waals surface area contributed by atoms with E-state index in [1.807, 2.05) is 6.26 Å². The van der Waals surface area contributed by atoms with Crippen molar-refractivity contribution in [2.75, 3.05) is 29.3 Å². The Morgan fingerprint density at radius 3 is 2.65 bits per heavy atom. The van der Waals surface area contributed by atoms with Crippen LogP contribution in [-0.2, 0) is 0 Å². The first-order valence-corrected chi connectivity index (χ1v) is 6.64. The van der Waals surface area contributed by atoms with E-state index in [4.69, 9.17) is 5.84 Å². The van der Waals surface area contributed by atoms with Gasteiger partial charge in [0.25, 0.3) is 0 Å². The standard InChI is InChI=1S/C10H16F2N4S/c1-17-5-3-2-4-14-9-7(11)6-8(12)10(15-9)16-13/h6H,2-5,13H2,1H3,(H2,14,15,16). The lowest BCUT2D eigenvalue weighted by atomic mass is 10.3. The molecule has 0 saturated heterocycles. The van der Waals surface area contributed by atoms with E-state index in [1.54, 1.807) is 11.8 Å². The van der Waals surface area contributed by atoms with Crippen molar-refractivity contribution >= 4 is 23.4 Å². The Balaban J connectivity index is 2.52. The van der Waals surface area contributed by atoms with Gasteiger partial charge in [0.15, 0.2) is 23.3 Å². The highest BCUT2D eigenvalue weighted by Gasteiger charge is 2.10. The van der Waals surface area contributed by atoms with E-state index in [9.17, 15) is 8.78 Å². The summed E-state index contributed by atoms with van der Waals surface area (Å²) < 4.78 is 26.3. The van der Waals surface area contributed by atoms with Crippen molar-refractivity contribution < 1.29 is 8.78 Å². The fourth-order valence-corrected chi connectivity index (χ4v) is 1.76. The summed E-state index contributed by atoms with van der Waals surface area (Å²) in [5.41, 5.74) is 2.08. The van der Waals surface area contributed by atoms with Gasteiger partial charge < -0.3 is 10.7 Å². The number of nitrogens with two attached hydrogens (primary N) is 1. The van der Waals surface area contributed by atoms with Crippen molar-refractivity contribution in [2.24, 2.45) is 5.84 Å². The molecule has 1 rings (SSSR count). The third-order valence-corrected chi connectivity index (χ3v) is 2.83. The highest BCUT2D eigenvalue weighted by Crippen LogP contribution is 2.18. The van der Waals surface area contributed by atoms with Crippen molar-refractivity contribution in [3.63, 3.8) is 0 Å². The van der Waals surface area contributed by atoms with Crippen molar-refractivity contribution in [3.05, 3.63) is 17.7 Å². The van der Waals surface area contributed by atoms with E-state index in [1.165, 1.54) is 0 Å². The minimum absolute atomic E-state index is 0.0171. The molecular formula is C10H16F2N4S. The van der Waals surface area contributed by atoms with Gasteiger partial charge in [-0.2, -0.15) is 11.8 Å². The minimum atomic E-state index is -0.807. The quantitative estimate of drug-likeness (QED) is 0.399. The molecular weight excluding hydrogens is 246 g/mol. The Morgan fingerprint density at radius 1 is 1.29 bits per heavy atom. The van der Waals surface area contributed by atoms with Crippen molar-refractivity contribution in [1.82, 2.24) is 4.98 Å². The number of hydrazine groups is 1. The SMILES string of the molecule is CSCCCCNc1nc(NN)c(F)cc1F. The van der Waals surface area contributed by atoms with Crippen LogP contribution in [0, 0.1) is 11.6 Å². The van der Waals surface area contributed by atoms with Crippen molar-refractivity contribution in [1.29, 1.82) is 0 Å². The second-order valence-electron chi connectivity index (χ2n) is 3.42. The number of rotatable bonds is 7. The molecule has 0 aliphatic heterocycles. The van der Waals surface area contributed by atoms with Crippen LogP contribution in [0.3, 0.4) is 0 Å². The average molecular weight is 262 g/mol. The molecule has 1 aromatic rings. The van der Waals surface area contributed by atoms with Gasteiger partial charge in [-0.05, 0) is 24.9 Å². The predicted molar refractivity (Wildman–Crippen MR) is 68.1 cm³/mol. The molecule has 0 saturated carbocycles. The summed E-state index contributed by atoms with van der Waals surface area (Å²) in [5.74, 6) is 4.45. The summed E-state index contributed by atoms with van der Waals surface area (Å²) in [4.78, 5) is 3.71. The molecule has 17 heavy (non-hydrogen) atoms. The molecule has 0 aliphatic carbocycles. The molecule has 0 amide bonds. The van der Waals surface area contributed by atoms with Crippen LogP contribution in [-0.4, -0.2) is 23.5 Å². The maximum Gasteiger partial charge on any atom is 0.178 e. The fourth-order valence-electron chi connectivity index (χ4n) is 1.27. The van der Waals surface area contributed by atoms with Crippen molar-refractivity contribution in [3.8, 4) is 0 Å². The topological polar surface area (TPSA) is 63.0 Å². The van der Waals surface area contributed by atoms with Gasteiger partial charge in [-0.25, -0.2) is 19.6 Å². The third-order valence-electron chi connectivity index (χ3n) is 2.13. The van der Waals surface area contributed by atoms with Crippen LogP contribution >= 0.6 is 11.8 Å². The predicted octanol–water partition coefficient (Wildman–Crippen LogP) is 2.20. The lowest BCUT2D eigenvalue weighted by molar-refractivity contribution is 0.578. The number of unbranched alkanes of at least 4 members (excludes halogenated alkanes) is 1. The maximum absolute atomic E-state index is 13.3. The number of nitrogen functional groups attached to an aromatic ring is 1. The van der Waals surface area contributed by atoms with Crippen LogP contribution < -0.4 is 16.6 Å². The summed E-state index contributed by atoms with van der Waals surface area (Å²) in [6.45, 7) is 0.597. The first kappa shape index (κ1) is 14.0. The molecule has 0 bridgehead atoms. The molecule has 4 nitrogen and oxygen atoms in total. The molecule has 0 atom stereocenters. The molecule has 4 N–H and O–H groups in total. The molecule has 96 valence electrons. The number of anilines is 2. The van der Waals surface area contributed by atoms with Gasteiger partial charge >= 0.3 is 0 Å². The summed E-state index contributed by atoms with van der Waals surface area (Å²) >= 11 is 1.77. The number of nitrogens with one attached hydrogen (secondary N) is 2. The van der Waals surface area contributed by atoms with Crippen LogP contribution in [0.2, 0.25) is 0 Å². The molecule has 1 heterocycles. The maximum atomic E-state index is 13.3. The van der Waals surface area contributed by atoms with Gasteiger partial charge in [-0.3, -0.25) is 0 Å². The zero-order valence-electron chi connectivity index (χ0n) is 9.59. The van der Waals surface area contributed by atoms with E-state index in [0.717, 1.165) is 24.7 Å². The fraction of sp³-hybridized carbons (Fsp3) is 0.500. The Morgan fingerprint density at radius 2 is 2.00 bits per heavy atom. The van der Waals surface area contributed by atoms with Gasteiger partial charge in [-0.1, -0.05) is 0 Å².